The van der Waals surface area contributed by atoms with E-state index in [0.717, 1.165) is 79.4 Å². The van der Waals surface area contributed by atoms with Crippen LogP contribution in [-0.4, -0.2) is 0 Å². The Morgan fingerprint density at radius 2 is 0.679 bits per heavy atom. The molecule has 8 aromatic carbocycles. The molecule has 0 amide bonds. The van der Waals surface area contributed by atoms with E-state index in [0.29, 0.717) is 0 Å². The number of anilines is 6. The van der Waals surface area contributed by atoms with Crippen molar-refractivity contribution in [3.63, 3.8) is 0 Å². The number of hydrogen-bond acceptors (Lipinski definition) is 4. The predicted molar refractivity (Wildman–Crippen MR) is 214 cm³/mol. The third-order valence-electron chi connectivity index (χ3n) is 10.3. The molecule has 0 aromatic heterocycles. The van der Waals surface area contributed by atoms with E-state index >= 15 is 0 Å². The molecule has 8 aromatic rings. The summed E-state index contributed by atoms with van der Waals surface area (Å²) < 4.78 is 14.1. The van der Waals surface area contributed by atoms with Crippen molar-refractivity contribution in [3.05, 3.63) is 229 Å². The van der Waals surface area contributed by atoms with E-state index in [-0.39, 0.29) is 0 Å². The van der Waals surface area contributed by atoms with Crippen LogP contribution in [0.4, 0.5) is 34.1 Å². The first kappa shape index (κ1) is 30.8. The highest BCUT2D eigenvalue weighted by atomic mass is 16.5. The molecule has 53 heavy (non-hydrogen) atoms. The maximum absolute atomic E-state index is 7.34. The summed E-state index contributed by atoms with van der Waals surface area (Å²) in [4.78, 5) is 4.64. The van der Waals surface area contributed by atoms with Crippen molar-refractivity contribution < 1.29 is 9.47 Å². The highest BCUT2D eigenvalue weighted by molar-refractivity contribution is 5.90. The van der Waals surface area contributed by atoms with Gasteiger partial charge in [0.2, 0.25) is 0 Å². The second kappa shape index (κ2) is 12.6. The van der Waals surface area contributed by atoms with Gasteiger partial charge in [-0.1, -0.05) is 127 Å². The maximum Gasteiger partial charge on any atom is 0.156 e. The van der Waals surface area contributed by atoms with Crippen LogP contribution in [0.1, 0.15) is 22.3 Å². The Morgan fingerprint density at radius 1 is 0.302 bits per heavy atom. The molecular weight excluding hydrogens is 649 g/mol. The third-order valence-corrected chi connectivity index (χ3v) is 10.3. The van der Waals surface area contributed by atoms with E-state index < -0.39 is 5.41 Å². The second-order valence-electron chi connectivity index (χ2n) is 13.3. The molecule has 2 aliphatic heterocycles. The van der Waals surface area contributed by atoms with Crippen molar-refractivity contribution in [1.29, 1.82) is 0 Å². The zero-order valence-corrected chi connectivity index (χ0v) is 28.8. The molecular formula is C49H34N2O2. The Morgan fingerprint density at radius 3 is 1.19 bits per heavy atom. The lowest BCUT2D eigenvalue weighted by atomic mass is 9.61. The quantitative estimate of drug-likeness (QED) is 0.174. The van der Waals surface area contributed by atoms with Gasteiger partial charge in [-0.3, -0.25) is 0 Å². The van der Waals surface area contributed by atoms with Gasteiger partial charge in [-0.2, -0.15) is 0 Å². The Hall–Kier alpha value is -7.04. The minimum absolute atomic E-state index is 0.784. The fraction of sp³-hybridized carbons (Fsp3) is 0.0204. The van der Waals surface area contributed by atoms with E-state index in [9.17, 15) is 0 Å². The molecule has 2 aliphatic rings. The fourth-order valence-electron chi connectivity index (χ4n) is 8.23. The van der Waals surface area contributed by atoms with E-state index in [4.69, 9.17) is 9.47 Å². The van der Waals surface area contributed by atoms with E-state index in [1.165, 1.54) is 0 Å². The molecule has 0 atom stereocenters. The molecule has 4 heteroatoms. The normalized spacial score (nSPS) is 13.0. The van der Waals surface area contributed by atoms with Crippen LogP contribution < -0.4 is 19.3 Å². The molecule has 0 saturated heterocycles. The molecule has 10 rings (SSSR count). The molecule has 0 N–H and O–H groups in total. The number of fused-ring (bicyclic) bond motifs is 8. The van der Waals surface area contributed by atoms with Gasteiger partial charge in [0, 0.05) is 45.0 Å². The zero-order chi connectivity index (χ0) is 35.2. The van der Waals surface area contributed by atoms with E-state index in [1.54, 1.807) is 0 Å². The second-order valence-corrected chi connectivity index (χ2v) is 13.3. The maximum atomic E-state index is 7.34. The highest BCUT2D eigenvalue weighted by Crippen LogP contribution is 2.65. The summed E-state index contributed by atoms with van der Waals surface area (Å²) in [6.07, 6.45) is 0. The Balaban J connectivity index is 1.34. The van der Waals surface area contributed by atoms with Crippen LogP contribution in [0.25, 0.3) is 0 Å². The number of hydrogen-bond donors (Lipinski definition) is 0. The number of benzene rings is 8. The van der Waals surface area contributed by atoms with Gasteiger partial charge in [0.25, 0.3) is 0 Å². The lowest BCUT2D eigenvalue weighted by molar-refractivity contribution is 0.400. The molecule has 0 radical (unpaired) electrons. The molecule has 252 valence electrons. The Labute approximate surface area is 309 Å². The van der Waals surface area contributed by atoms with Crippen LogP contribution in [0, 0.1) is 0 Å². The summed E-state index contributed by atoms with van der Waals surface area (Å²) >= 11 is 0. The summed E-state index contributed by atoms with van der Waals surface area (Å²) in [6.45, 7) is 0. The summed E-state index contributed by atoms with van der Waals surface area (Å²) in [5.41, 5.74) is 9.51. The third kappa shape index (κ3) is 4.84. The van der Waals surface area contributed by atoms with Crippen molar-refractivity contribution in [1.82, 2.24) is 0 Å². The van der Waals surface area contributed by atoms with Gasteiger partial charge in [0.05, 0.1) is 16.8 Å². The van der Waals surface area contributed by atoms with Gasteiger partial charge in [0.1, 0.15) is 17.2 Å². The molecule has 0 bridgehead atoms. The number of ether oxygens (including phenoxy) is 2. The molecule has 1 spiro atoms. The highest BCUT2D eigenvalue weighted by Gasteiger charge is 2.53. The monoisotopic (exact) mass is 682 g/mol. The molecule has 4 nitrogen and oxygen atoms in total. The van der Waals surface area contributed by atoms with Crippen LogP contribution in [0.15, 0.2) is 206 Å². The number of nitrogens with zero attached hydrogens (tertiary/aromatic N) is 2. The molecule has 0 unspecified atom stereocenters. The average molecular weight is 683 g/mol. The fourth-order valence-corrected chi connectivity index (χ4v) is 8.23. The van der Waals surface area contributed by atoms with Crippen molar-refractivity contribution in [3.8, 4) is 23.0 Å². The zero-order valence-electron chi connectivity index (χ0n) is 28.8. The summed E-state index contributed by atoms with van der Waals surface area (Å²) in [5.74, 6) is 3.22. The minimum atomic E-state index is -0.832. The standard InChI is InChI=1S/C49H34N2O2/c1-5-19-35(20-6-1)50(36-21-7-2-8-22-36)42-30-18-34-46-47(42)49(39-27-13-15-32-44(39)52-45-33-16-14-28-40(45)49)41-29-17-31-43(48(41)53-46)51(37-23-9-3-10-24-37)38-25-11-4-12-26-38/h1-34H. The van der Waals surface area contributed by atoms with Gasteiger partial charge in [-0.15, -0.1) is 0 Å². The molecule has 0 aliphatic carbocycles. The van der Waals surface area contributed by atoms with Crippen LogP contribution >= 0.6 is 0 Å². The van der Waals surface area contributed by atoms with Gasteiger partial charge in [-0.25, -0.2) is 0 Å². The molecule has 0 saturated carbocycles. The first-order valence-corrected chi connectivity index (χ1v) is 17.9. The number of para-hydroxylation sites is 7. The van der Waals surface area contributed by atoms with Crippen molar-refractivity contribution >= 4 is 34.1 Å². The lowest BCUT2D eigenvalue weighted by Crippen LogP contribution is -2.38. The molecule has 0 fully saturated rings. The number of rotatable bonds is 6. The Bertz CT molecular complexity index is 2450. The SMILES string of the molecule is c1ccc(N(c2ccccc2)c2cccc3c2Oc2cccc(N(c4ccccc4)c4ccccc4)c2C32c3ccccc3Oc3ccccc32)cc1. The van der Waals surface area contributed by atoms with E-state index in [1.807, 2.05) is 0 Å². The van der Waals surface area contributed by atoms with Gasteiger partial charge < -0.3 is 19.3 Å². The first-order chi connectivity index (χ1) is 26.3. The topological polar surface area (TPSA) is 24.9 Å². The van der Waals surface area contributed by atoms with Crippen molar-refractivity contribution in [2.45, 2.75) is 5.41 Å². The first-order valence-electron chi connectivity index (χ1n) is 17.9. The molecule has 2 heterocycles. The van der Waals surface area contributed by atoms with Crippen LogP contribution in [0.2, 0.25) is 0 Å². The van der Waals surface area contributed by atoms with Crippen LogP contribution in [0.5, 0.6) is 23.0 Å². The van der Waals surface area contributed by atoms with Crippen LogP contribution in [0.3, 0.4) is 0 Å². The predicted octanol–water partition coefficient (Wildman–Crippen LogP) is 13.2. The largest absolute Gasteiger partial charge is 0.457 e. The Kier molecular flexibility index (Phi) is 7.33. The lowest BCUT2D eigenvalue weighted by Gasteiger charge is -2.47. The summed E-state index contributed by atoms with van der Waals surface area (Å²) in [5, 5.41) is 0. The summed E-state index contributed by atoms with van der Waals surface area (Å²) in [6, 6.07) is 72.1. The van der Waals surface area contributed by atoms with Gasteiger partial charge >= 0.3 is 0 Å². The van der Waals surface area contributed by atoms with Crippen molar-refractivity contribution in [2.75, 3.05) is 9.80 Å². The average Bonchev–Trinajstić information content (AvgIpc) is 3.23. The van der Waals surface area contributed by atoms with Crippen LogP contribution in [-0.2, 0) is 5.41 Å². The minimum Gasteiger partial charge on any atom is -0.457 e. The van der Waals surface area contributed by atoms with Gasteiger partial charge in [-0.05, 0) is 78.9 Å². The smallest absolute Gasteiger partial charge is 0.156 e. The van der Waals surface area contributed by atoms with Gasteiger partial charge in [0.15, 0.2) is 5.75 Å². The van der Waals surface area contributed by atoms with E-state index in [2.05, 4.69) is 216 Å². The van der Waals surface area contributed by atoms with Crippen molar-refractivity contribution in [2.24, 2.45) is 0 Å². The summed E-state index contributed by atoms with van der Waals surface area (Å²) in [7, 11) is 0.